The number of carbonyl (C=O) groups is 2. The third-order valence-electron chi connectivity index (χ3n) is 4.51. The predicted octanol–water partition coefficient (Wildman–Crippen LogP) is 3.53. The van der Waals surface area contributed by atoms with Crippen LogP contribution in [0.25, 0.3) is 0 Å². The Morgan fingerprint density at radius 3 is 2.58 bits per heavy atom. The lowest BCUT2D eigenvalue weighted by atomic mass is 10.2. The van der Waals surface area contributed by atoms with Gasteiger partial charge in [-0.1, -0.05) is 18.7 Å². The fourth-order valence-corrected chi connectivity index (χ4v) is 3.00. The molecule has 0 bridgehead atoms. The lowest BCUT2D eigenvalue weighted by Gasteiger charge is -2.18. The van der Waals surface area contributed by atoms with Crippen LogP contribution in [0.3, 0.4) is 0 Å². The molecule has 1 fully saturated rings. The zero-order valence-electron chi connectivity index (χ0n) is 16.1. The van der Waals surface area contributed by atoms with E-state index in [1.807, 2.05) is 0 Å². The van der Waals surface area contributed by atoms with Crippen LogP contribution in [0, 0.1) is 0 Å². The second-order valence-corrected chi connectivity index (χ2v) is 6.68. The molecule has 1 saturated heterocycles. The second-order valence-electron chi connectivity index (χ2n) is 6.68. The molecule has 1 aliphatic rings. The smallest absolute Gasteiger partial charge is 0.421 e. The monoisotopic (exact) mass is 436 g/mol. The van der Waals surface area contributed by atoms with E-state index in [9.17, 15) is 22.8 Å². The molecule has 2 aromatic rings. The van der Waals surface area contributed by atoms with Gasteiger partial charge in [-0.25, -0.2) is 9.78 Å². The number of likely N-dealkylation sites (tertiary alicyclic amines) is 1. The summed E-state index contributed by atoms with van der Waals surface area (Å²) in [4.78, 5) is 31.5. The van der Waals surface area contributed by atoms with Crippen LogP contribution in [-0.2, 0) is 11.0 Å². The van der Waals surface area contributed by atoms with Crippen LogP contribution in [-0.4, -0.2) is 51.1 Å². The van der Waals surface area contributed by atoms with Gasteiger partial charge >= 0.3 is 12.3 Å². The van der Waals surface area contributed by atoms with Gasteiger partial charge in [0.1, 0.15) is 11.4 Å². The minimum absolute atomic E-state index is 0.0830. The van der Waals surface area contributed by atoms with Crippen LogP contribution in [0.5, 0.6) is 0 Å². The average molecular weight is 436 g/mol. The van der Waals surface area contributed by atoms with E-state index in [-0.39, 0.29) is 29.9 Å². The van der Waals surface area contributed by atoms with Gasteiger partial charge in [0.05, 0.1) is 11.4 Å². The maximum absolute atomic E-state index is 13.5. The van der Waals surface area contributed by atoms with Gasteiger partial charge in [-0.2, -0.15) is 18.2 Å². The van der Waals surface area contributed by atoms with Crippen molar-refractivity contribution in [1.29, 1.82) is 0 Å². The summed E-state index contributed by atoms with van der Waals surface area (Å²) in [5.41, 5.74) is -0.672. The molecule has 2 heterocycles. The summed E-state index contributed by atoms with van der Waals surface area (Å²) in [5, 5.41) is 17.0. The van der Waals surface area contributed by atoms with Gasteiger partial charge < -0.3 is 26.0 Å². The van der Waals surface area contributed by atoms with Crippen molar-refractivity contribution in [1.82, 2.24) is 14.9 Å². The zero-order valence-corrected chi connectivity index (χ0v) is 16.1. The van der Waals surface area contributed by atoms with E-state index in [4.69, 9.17) is 5.11 Å². The SMILES string of the molecule is C=CC(=O)Nc1ccccc1Nc1nc(NC2CCN(C(=O)O)C2)ncc1C(F)(F)F. The van der Waals surface area contributed by atoms with Crippen molar-refractivity contribution in [2.75, 3.05) is 29.0 Å². The molecule has 0 saturated carbocycles. The van der Waals surface area contributed by atoms with Gasteiger partial charge in [0, 0.05) is 25.3 Å². The van der Waals surface area contributed by atoms with Crippen molar-refractivity contribution in [3.05, 3.63) is 48.7 Å². The van der Waals surface area contributed by atoms with E-state index in [2.05, 4.69) is 32.5 Å². The van der Waals surface area contributed by atoms with Gasteiger partial charge in [0.25, 0.3) is 0 Å². The number of para-hydroxylation sites is 2. The average Bonchev–Trinajstić information content (AvgIpc) is 3.17. The Bertz CT molecular complexity index is 998. The largest absolute Gasteiger partial charge is 0.465 e. The molecule has 1 atom stereocenters. The Labute approximate surface area is 175 Å². The Kier molecular flexibility index (Phi) is 6.28. The number of aromatic nitrogens is 2. The third kappa shape index (κ3) is 5.41. The van der Waals surface area contributed by atoms with Crippen molar-refractivity contribution in [3.8, 4) is 0 Å². The number of nitrogens with zero attached hydrogens (tertiary/aromatic N) is 3. The standard InChI is InChI=1S/C19H19F3N6O3/c1-2-15(29)25-13-5-3-4-6-14(13)26-16-12(19(20,21)22)9-23-17(27-16)24-11-7-8-28(10-11)18(30)31/h2-6,9,11H,1,7-8,10H2,(H,25,29)(H,30,31)(H2,23,24,26,27). The highest BCUT2D eigenvalue weighted by molar-refractivity contribution is 6.01. The number of hydrogen-bond acceptors (Lipinski definition) is 6. The highest BCUT2D eigenvalue weighted by Crippen LogP contribution is 2.36. The molecular weight excluding hydrogens is 417 g/mol. The molecule has 9 nitrogen and oxygen atoms in total. The maximum atomic E-state index is 13.5. The minimum Gasteiger partial charge on any atom is -0.465 e. The first-order chi connectivity index (χ1) is 14.7. The molecule has 2 amide bonds. The minimum atomic E-state index is -4.73. The summed E-state index contributed by atoms with van der Waals surface area (Å²) < 4.78 is 40.5. The van der Waals surface area contributed by atoms with Crippen LogP contribution in [0.4, 0.5) is 41.1 Å². The van der Waals surface area contributed by atoms with Gasteiger partial charge in [0.15, 0.2) is 0 Å². The molecule has 12 heteroatoms. The highest BCUT2D eigenvalue weighted by atomic mass is 19.4. The first-order valence-electron chi connectivity index (χ1n) is 9.15. The number of amides is 2. The molecule has 1 aromatic carbocycles. The molecule has 31 heavy (non-hydrogen) atoms. The lowest BCUT2D eigenvalue weighted by Crippen LogP contribution is -2.30. The van der Waals surface area contributed by atoms with E-state index in [0.717, 1.165) is 6.08 Å². The number of nitrogens with one attached hydrogen (secondary N) is 3. The van der Waals surface area contributed by atoms with Crippen LogP contribution < -0.4 is 16.0 Å². The van der Waals surface area contributed by atoms with Crippen molar-refractivity contribution < 1.29 is 27.9 Å². The quantitative estimate of drug-likeness (QED) is 0.512. The second kappa shape index (κ2) is 8.90. The zero-order chi connectivity index (χ0) is 22.6. The molecule has 3 rings (SSSR count). The molecule has 0 aliphatic carbocycles. The Morgan fingerprint density at radius 1 is 1.26 bits per heavy atom. The van der Waals surface area contributed by atoms with Crippen molar-refractivity contribution in [2.45, 2.75) is 18.6 Å². The maximum Gasteiger partial charge on any atom is 0.421 e. The summed E-state index contributed by atoms with van der Waals surface area (Å²) >= 11 is 0. The van der Waals surface area contributed by atoms with Crippen molar-refractivity contribution in [2.24, 2.45) is 0 Å². The van der Waals surface area contributed by atoms with Gasteiger partial charge in [-0.3, -0.25) is 4.79 Å². The number of rotatable bonds is 6. The summed E-state index contributed by atoms with van der Waals surface area (Å²) in [7, 11) is 0. The number of anilines is 4. The molecule has 1 aromatic heterocycles. The van der Waals surface area contributed by atoms with Crippen LogP contribution in [0.2, 0.25) is 0 Å². The van der Waals surface area contributed by atoms with Gasteiger partial charge in [0.2, 0.25) is 11.9 Å². The fourth-order valence-electron chi connectivity index (χ4n) is 3.00. The van der Waals surface area contributed by atoms with E-state index >= 15 is 0 Å². The molecule has 164 valence electrons. The number of carboxylic acid groups (broad SMARTS) is 1. The van der Waals surface area contributed by atoms with Crippen LogP contribution in [0.15, 0.2) is 43.1 Å². The molecule has 1 unspecified atom stereocenters. The molecular formula is C19H19F3N6O3. The van der Waals surface area contributed by atoms with Crippen molar-refractivity contribution >= 4 is 35.1 Å². The number of alkyl halides is 3. The summed E-state index contributed by atoms with van der Waals surface area (Å²) in [6, 6.07) is 5.85. The third-order valence-corrected chi connectivity index (χ3v) is 4.51. The van der Waals surface area contributed by atoms with Gasteiger partial charge in [-0.05, 0) is 24.6 Å². The highest BCUT2D eigenvalue weighted by Gasteiger charge is 2.36. The summed E-state index contributed by atoms with van der Waals surface area (Å²) in [6.07, 6.45) is -3.65. The van der Waals surface area contributed by atoms with Gasteiger partial charge in [-0.15, -0.1) is 0 Å². The van der Waals surface area contributed by atoms with E-state index in [0.29, 0.717) is 19.2 Å². The van der Waals surface area contributed by atoms with Crippen LogP contribution in [0.1, 0.15) is 12.0 Å². The van der Waals surface area contributed by atoms with E-state index < -0.39 is 29.6 Å². The Morgan fingerprint density at radius 2 is 1.97 bits per heavy atom. The molecule has 4 N–H and O–H groups in total. The Hall–Kier alpha value is -3.83. The molecule has 0 spiro atoms. The normalized spacial score (nSPS) is 16.0. The fraction of sp³-hybridized carbons (Fsp3) is 0.263. The number of carbonyl (C=O) groups excluding carboxylic acids is 1. The summed E-state index contributed by atoms with van der Waals surface area (Å²) in [6.45, 7) is 3.81. The van der Waals surface area contributed by atoms with E-state index in [1.54, 1.807) is 12.1 Å². The van der Waals surface area contributed by atoms with Crippen LogP contribution >= 0.6 is 0 Å². The predicted molar refractivity (Wildman–Crippen MR) is 107 cm³/mol. The number of benzene rings is 1. The first-order valence-corrected chi connectivity index (χ1v) is 9.15. The number of halogens is 3. The van der Waals surface area contributed by atoms with E-state index in [1.165, 1.54) is 17.0 Å². The molecule has 1 aliphatic heterocycles. The lowest BCUT2D eigenvalue weighted by molar-refractivity contribution is -0.137. The summed E-state index contributed by atoms with van der Waals surface area (Å²) in [5.74, 6) is -1.13. The number of hydrogen-bond donors (Lipinski definition) is 4. The Balaban J connectivity index is 1.88. The molecule has 0 radical (unpaired) electrons. The topological polar surface area (TPSA) is 119 Å². The first kappa shape index (κ1) is 21.9. The van der Waals surface area contributed by atoms with Crippen molar-refractivity contribution in [3.63, 3.8) is 0 Å².